The van der Waals surface area contributed by atoms with E-state index in [9.17, 15) is 9.90 Å². The van der Waals surface area contributed by atoms with Crippen LogP contribution in [0, 0.1) is 20.8 Å². The molecule has 1 aliphatic rings. The molecule has 0 saturated carbocycles. The average Bonchev–Trinajstić information content (AvgIpc) is 3.19. The highest BCUT2D eigenvalue weighted by molar-refractivity contribution is 6.03. The number of phenols is 1. The second-order valence-corrected chi connectivity index (χ2v) is 8.21. The van der Waals surface area contributed by atoms with E-state index in [1.54, 1.807) is 6.20 Å². The van der Waals surface area contributed by atoms with Crippen LogP contribution in [0.4, 0.5) is 23.1 Å². The lowest BCUT2D eigenvalue weighted by Crippen LogP contribution is -2.37. The van der Waals surface area contributed by atoms with Gasteiger partial charge in [0.2, 0.25) is 0 Å². The van der Waals surface area contributed by atoms with E-state index in [0.29, 0.717) is 37.1 Å². The summed E-state index contributed by atoms with van der Waals surface area (Å²) in [5.74, 6) is 1.34. The van der Waals surface area contributed by atoms with Crippen LogP contribution >= 0.6 is 0 Å². The normalized spacial score (nSPS) is 13.7. The number of aromatic hydroxyl groups is 1. The number of amides is 1. The van der Waals surface area contributed by atoms with Crippen molar-refractivity contribution in [2.24, 2.45) is 5.73 Å². The van der Waals surface area contributed by atoms with Crippen LogP contribution in [0.5, 0.6) is 5.75 Å². The first-order valence-corrected chi connectivity index (χ1v) is 10.8. The smallest absolute Gasteiger partial charge is 0.256 e. The summed E-state index contributed by atoms with van der Waals surface area (Å²) in [4.78, 5) is 19.0. The molecule has 4 rings (SSSR count). The number of nitrogens with one attached hydrogen (secondary N) is 3. The molecule has 1 aromatic carbocycles. The number of hydrogen-bond donors (Lipinski definition) is 5. The van der Waals surface area contributed by atoms with E-state index < -0.39 is 5.91 Å². The molecule has 0 aliphatic carbocycles. The Morgan fingerprint density at radius 1 is 1.18 bits per heavy atom. The number of nitrogens with two attached hydrogens (primary N) is 1. The zero-order chi connectivity index (χ0) is 23.5. The Morgan fingerprint density at radius 2 is 1.88 bits per heavy atom. The third-order valence-corrected chi connectivity index (χ3v) is 5.66. The Hall–Kier alpha value is -3.79. The number of benzene rings is 1. The number of aryl methyl sites for hydroxylation is 3. The van der Waals surface area contributed by atoms with Crippen LogP contribution in [0.2, 0.25) is 0 Å². The number of anilines is 4. The summed E-state index contributed by atoms with van der Waals surface area (Å²) in [5.41, 5.74) is 10.1. The number of phenolic OH excluding ortho intramolecular Hbond substituents is 1. The topological polar surface area (TPSA) is 141 Å². The molecule has 0 radical (unpaired) electrons. The third-order valence-electron chi connectivity index (χ3n) is 5.66. The fraction of sp³-hybridized carbons (Fsp3) is 0.348. The number of H-pyrrole nitrogens is 1. The van der Waals surface area contributed by atoms with Crippen LogP contribution in [0.1, 0.15) is 32.6 Å². The standard InChI is InChI=1S/C23H29N7O3/c1-13-8-16(9-14(2)19(13)31)11-25-21-18(20(24)32)22(29-28-21)27-17-10-15(3)23(26-12-17)30-4-6-33-7-5-30/h8-10,12,31H,4-7,11H2,1-3H3,(H2,24,32)(H3,25,27,28,29). The molecule has 2 aromatic heterocycles. The van der Waals surface area contributed by atoms with Crippen molar-refractivity contribution in [2.45, 2.75) is 27.3 Å². The Bertz CT molecular complexity index is 1150. The lowest BCUT2D eigenvalue weighted by atomic mass is 10.1. The molecule has 0 bridgehead atoms. The first-order valence-electron chi connectivity index (χ1n) is 10.8. The lowest BCUT2D eigenvalue weighted by molar-refractivity contribution is 0.100. The first kappa shape index (κ1) is 22.4. The summed E-state index contributed by atoms with van der Waals surface area (Å²) in [7, 11) is 0. The molecule has 1 saturated heterocycles. The number of carbonyl (C=O) groups excluding carboxylic acids is 1. The van der Waals surface area contributed by atoms with Gasteiger partial charge in [-0.3, -0.25) is 9.89 Å². The number of pyridine rings is 1. The molecule has 10 nitrogen and oxygen atoms in total. The van der Waals surface area contributed by atoms with Crippen molar-refractivity contribution < 1.29 is 14.6 Å². The summed E-state index contributed by atoms with van der Waals surface area (Å²) in [6.45, 7) is 9.11. The van der Waals surface area contributed by atoms with Gasteiger partial charge in [-0.2, -0.15) is 5.10 Å². The second-order valence-electron chi connectivity index (χ2n) is 8.21. The fourth-order valence-corrected chi connectivity index (χ4v) is 4.02. The Balaban J connectivity index is 1.51. The van der Waals surface area contributed by atoms with E-state index >= 15 is 0 Å². The average molecular weight is 452 g/mol. The van der Waals surface area contributed by atoms with E-state index in [0.717, 1.165) is 41.2 Å². The fourth-order valence-electron chi connectivity index (χ4n) is 4.02. The maximum atomic E-state index is 12.2. The molecule has 174 valence electrons. The highest BCUT2D eigenvalue weighted by Gasteiger charge is 2.20. The Morgan fingerprint density at radius 3 is 2.52 bits per heavy atom. The summed E-state index contributed by atoms with van der Waals surface area (Å²) < 4.78 is 5.41. The Labute approximate surface area is 192 Å². The summed E-state index contributed by atoms with van der Waals surface area (Å²) in [6.07, 6.45) is 1.71. The van der Waals surface area contributed by atoms with E-state index in [4.69, 9.17) is 10.5 Å². The summed E-state index contributed by atoms with van der Waals surface area (Å²) >= 11 is 0. The van der Waals surface area contributed by atoms with Crippen molar-refractivity contribution in [2.75, 3.05) is 41.8 Å². The minimum Gasteiger partial charge on any atom is -0.507 e. The highest BCUT2D eigenvalue weighted by Crippen LogP contribution is 2.28. The van der Waals surface area contributed by atoms with Crippen molar-refractivity contribution in [1.29, 1.82) is 0 Å². The van der Waals surface area contributed by atoms with Crippen LogP contribution in [0.3, 0.4) is 0 Å². The van der Waals surface area contributed by atoms with Gasteiger partial charge in [-0.15, -0.1) is 0 Å². The van der Waals surface area contributed by atoms with Gasteiger partial charge in [0.1, 0.15) is 22.9 Å². The largest absolute Gasteiger partial charge is 0.507 e. The molecule has 3 aromatic rings. The molecule has 10 heteroatoms. The summed E-state index contributed by atoms with van der Waals surface area (Å²) in [6, 6.07) is 5.74. The highest BCUT2D eigenvalue weighted by atomic mass is 16.5. The number of aromatic nitrogens is 3. The van der Waals surface area contributed by atoms with Crippen molar-refractivity contribution >= 4 is 29.0 Å². The molecule has 1 fully saturated rings. The van der Waals surface area contributed by atoms with Gasteiger partial charge in [-0.05, 0) is 49.1 Å². The predicted molar refractivity (Wildman–Crippen MR) is 127 cm³/mol. The quantitative estimate of drug-likeness (QED) is 0.369. The molecular weight excluding hydrogens is 422 g/mol. The van der Waals surface area contributed by atoms with Crippen molar-refractivity contribution in [3.8, 4) is 5.75 Å². The van der Waals surface area contributed by atoms with Gasteiger partial charge in [0.05, 0.1) is 25.1 Å². The van der Waals surface area contributed by atoms with Crippen molar-refractivity contribution in [1.82, 2.24) is 15.2 Å². The maximum Gasteiger partial charge on any atom is 0.256 e. The van der Waals surface area contributed by atoms with Gasteiger partial charge < -0.3 is 31.1 Å². The van der Waals surface area contributed by atoms with Gasteiger partial charge in [0.15, 0.2) is 5.82 Å². The third kappa shape index (κ3) is 4.85. The second kappa shape index (κ2) is 9.37. The zero-order valence-electron chi connectivity index (χ0n) is 19.0. The molecule has 1 amide bonds. The van der Waals surface area contributed by atoms with Crippen LogP contribution < -0.4 is 21.3 Å². The maximum absolute atomic E-state index is 12.2. The molecule has 0 unspecified atom stereocenters. The zero-order valence-corrected chi connectivity index (χ0v) is 19.0. The minimum absolute atomic E-state index is 0.233. The first-order chi connectivity index (χ1) is 15.8. The molecule has 33 heavy (non-hydrogen) atoms. The minimum atomic E-state index is -0.610. The number of primary amides is 1. The number of ether oxygens (including phenoxy) is 1. The SMILES string of the molecule is Cc1cc(Nc2n[nH]c(NCc3cc(C)c(O)c(C)c3)c2C(N)=O)cnc1N1CCOCC1. The molecule has 3 heterocycles. The molecule has 6 N–H and O–H groups in total. The van der Waals surface area contributed by atoms with Gasteiger partial charge in [-0.25, -0.2) is 4.98 Å². The van der Waals surface area contributed by atoms with E-state index in [2.05, 4.69) is 30.7 Å². The van der Waals surface area contributed by atoms with Crippen LogP contribution in [-0.4, -0.2) is 52.5 Å². The number of hydrogen-bond acceptors (Lipinski definition) is 8. The number of aromatic amines is 1. The molecule has 1 aliphatic heterocycles. The number of rotatable bonds is 7. The number of morpholine rings is 1. The molecule has 0 atom stereocenters. The van der Waals surface area contributed by atoms with Crippen LogP contribution in [0.25, 0.3) is 0 Å². The van der Waals surface area contributed by atoms with Gasteiger partial charge >= 0.3 is 0 Å². The molecular formula is C23H29N7O3. The van der Waals surface area contributed by atoms with E-state index in [1.165, 1.54) is 0 Å². The van der Waals surface area contributed by atoms with Crippen LogP contribution in [0.15, 0.2) is 24.4 Å². The van der Waals surface area contributed by atoms with Gasteiger partial charge in [0, 0.05) is 19.6 Å². The van der Waals surface area contributed by atoms with E-state index in [1.807, 2.05) is 39.0 Å². The van der Waals surface area contributed by atoms with Crippen molar-refractivity contribution in [3.05, 3.63) is 52.2 Å². The van der Waals surface area contributed by atoms with Crippen LogP contribution in [-0.2, 0) is 11.3 Å². The predicted octanol–water partition coefficient (Wildman–Crippen LogP) is 2.73. The summed E-state index contributed by atoms with van der Waals surface area (Å²) in [5, 5.41) is 23.4. The Kier molecular flexibility index (Phi) is 6.36. The molecule has 0 spiro atoms. The number of carbonyl (C=O) groups is 1. The van der Waals surface area contributed by atoms with Crippen molar-refractivity contribution in [3.63, 3.8) is 0 Å². The lowest BCUT2D eigenvalue weighted by Gasteiger charge is -2.29. The monoisotopic (exact) mass is 451 g/mol. The van der Waals surface area contributed by atoms with E-state index in [-0.39, 0.29) is 11.3 Å². The number of nitrogens with zero attached hydrogens (tertiary/aromatic N) is 3. The van der Waals surface area contributed by atoms with Gasteiger partial charge in [0.25, 0.3) is 5.91 Å². The van der Waals surface area contributed by atoms with Gasteiger partial charge in [-0.1, -0.05) is 12.1 Å².